The number of likely N-dealkylation sites (tertiary alicyclic amines) is 1. The van der Waals surface area contributed by atoms with Crippen molar-refractivity contribution >= 4 is 23.2 Å². The normalized spacial score (nSPS) is 17.4. The van der Waals surface area contributed by atoms with E-state index in [-0.39, 0.29) is 23.4 Å². The van der Waals surface area contributed by atoms with Crippen LogP contribution in [0.25, 0.3) is 0 Å². The molecule has 1 N–H and O–H groups in total. The summed E-state index contributed by atoms with van der Waals surface area (Å²) < 4.78 is 0. The van der Waals surface area contributed by atoms with Crippen molar-refractivity contribution in [1.29, 1.82) is 0 Å². The highest BCUT2D eigenvalue weighted by atomic mass is 32.1. The molecule has 2 heterocycles. The van der Waals surface area contributed by atoms with Crippen LogP contribution in [-0.2, 0) is 17.6 Å². The zero-order chi connectivity index (χ0) is 19.6. The number of carbonyl (C=O) groups is 2. The largest absolute Gasteiger partial charge is 0.345 e. The summed E-state index contributed by atoms with van der Waals surface area (Å²) in [5.41, 5.74) is 1.01. The molecule has 0 atom stereocenters. The number of rotatable bonds is 3. The first-order valence-electron chi connectivity index (χ1n) is 9.68. The first-order valence-corrected chi connectivity index (χ1v) is 10.5. The van der Waals surface area contributed by atoms with Crippen molar-refractivity contribution in [1.82, 2.24) is 15.1 Å². The minimum Gasteiger partial charge on any atom is -0.345 e. The first-order chi connectivity index (χ1) is 12.8. The van der Waals surface area contributed by atoms with E-state index in [9.17, 15) is 9.59 Å². The maximum Gasteiger partial charge on any atom is 0.298 e. The van der Waals surface area contributed by atoms with Gasteiger partial charge < -0.3 is 10.2 Å². The van der Waals surface area contributed by atoms with Gasteiger partial charge in [-0.15, -0.1) is 11.3 Å². The molecular formula is C21H29N3O2S. The quantitative estimate of drug-likeness (QED) is 0.640. The molecule has 3 rings (SSSR count). The Morgan fingerprint density at radius 3 is 2.63 bits per heavy atom. The molecule has 0 spiro atoms. The van der Waals surface area contributed by atoms with E-state index < -0.39 is 0 Å². The van der Waals surface area contributed by atoms with Crippen LogP contribution in [0.1, 0.15) is 53.2 Å². The number of carbonyl (C=O) groups excluding carboxylic acids is 2. The van der Waals surface area contributed by atoms with Gasteiger partial charge in [0.25, 0.3) is 11.8 Å². The van der Waals surface area contributed by atoms with Crippen molar-refractivity contribution < 1.29 is 9.59 Å². The lowest BCUT2D eigenvalue weighted by molar-refractivity contribution is -0.129. The number of hydrogen-bond acceptors (Lipinski definition) is 4. The molecule has 146 valence electrons. The monoisotopic (exact) mass is 387 g/mol. The molecule has 0 unspecified atom stereocenters. The topological polar surface area (TPSA) is 52.7 Å². The number of thiophene rings is 1. The summed E-state index contributed by atoms with van der Waals surface area (Å²) in [6, 6.07) is 2.09. The van der Waals surface area contributed by atoms with E-state index in [0.717, 1.165) is 17.7 Å². The van der Waals surface area contributed by atoms with Gasteiger partial charge in [0.1, 0.15) is 0 Å². The third-order valence-corrected chi connectivity index (χ3v) is 6.80. The van der Waals surface area contributed by atoms with Crippen LogP contribution in [0.15, 0.2) is 6.07 Å². The summed E-state index contributed by atoms with van der Waals surface area (Å²) in [5, 5.41) is 3.05. The Labute approximate surface area is 166 Å². The van der Waals surface area contributed by atoms with Crippen molar-refractivity contribution in [3.05, 3.63) is 21.4 Å². The summed E-state index contributed by atoms with van der Waals surface area (Å²) in [6.45, 7) is 5.03. The molecule has 1 aromatic rings. The molecule has 0 bridgehead atoms. The summed E-state index contributed by atoms with van der Waals surface area (Å²) in [6.07, 6.45) is 5.91. The maximum atomic E-state index is 12.5. The van der Waals surface area contributed by atoms with Gasteiger partial charge in [-0.2, -0.15) is 0 Å². The fourth-order valence-corrected chi connectivity index (χ4v) is 4.33. The van der Waals surface area contributed by atoms with Gasteiger partial charge in [-0.3, -0.25) is 14.5 Å². The maximum absolute atomic E-state index is 12.5. The number of amides is 2. The van der Waals surface area contributed by atoms with Crippen LogP contribution in [0.3, 0.4) is 0 Å². The second kappa shape index (κ2) is 8.04. The van der Waals surface area contributed by atoms with Crippen molar-refractivity contribution in [3.63, 3.8) is 0 Å². The van der Waals surface area contributed by atoms with Crippen molar-refractivity contribution in [3.8, 4) is 11.8 Å². The highest BCUT2D eigenvalue weighted by Gasteiger charge is 2.32. The number of nitrogens with zero attached hydrogens (tertiary/aromatic N) is 2. The summed E-state index contributed by atoms with van der Waals surface area (Å²) in [4.78, 5) is 30.6. The molecule has 1 aliphatic heterocycles. The lowest BCUT2D eigenvalue weighted by Gasteiger charge is -2.38. The predicted octanol–water partition coefficient (Wildman–Crippen LogP) is 2.30. The van der Waals surface area contributed by atoms with Gasteiger partial charge in [0.05, 0.1) is 16.5 Å². The van der Waals surface area contributed by atoms with Crippen LogP contribution < -0.4 is 5.32 Å². The SMILES string of the molecule is CN(C)C(C)(C)C#CC(=O)N1CC(NC(=O)c2cc3c(s2)CCCCC3)C1. The Balaban J connectivity index is 1.50. The summed E-state index contributed by atoms with van der Waals surface area (Å²) in [7, 11) is 3.89. The molecular weight excluding hydrogens is 358 g/mol. The van der Waals surface area contributed by atoms with Gasteiger partial charge in [0, 0.05) is 18.0 Å². The number of aryl methyl sites for hydroxylation is 2. The van der Waals surface area contributed by atoms with Crippen LogP contribution in [-0.4, -0.2) is 60.4 Å². The van der Waals surface area contributed by atoms with Gasteiger partial charge in [-0.05, 0) is 71.2 Å². The Hall–Kier alpha value is -1.84. The second-order valence-electron chi connectivity index (χ2n) is 8.20. The Morgan fingerprint density at radius 2 is 1.93 bits per heavy atom. The number of hydrogen-bond donors (Lipinski definition) is 1. The summed E-state index contributed by atoms with van der Waals surface area (Å²) in [5.74, 6) is 5.58. The first kappa shape index (κ1) is 19.9. The van der Waals surface area contributed by atoms with Crippen LogP contribution in [0.2, 0.25) is 0 Å². The fraction of sp³-hybridized carbons (Fsp3) is 0.619. The van der Waals surface area contributed by atoms with Gasteiger partial charge in [-0.25, -0.2) is 0 Å². The predicted molar refractivity (Wildman–Crippen MR) is 109 cm³/mol. The summed E-state index contributed by atoms with van der Waals surface area (Å²) >= 11 is 1.63. The number of fused-ring (bicyclic) bond motifs is 1. The third-order valence-electron chi connectivity index (χ3n) is 5.57. The Kier molecular flexibility index (Phi) is 5.92. The van der Waals surface area contributed by atoms with Crippen molar-refractivity contribution in [2.75, 3.05) is 27.2 Å². The van der Waals surface area contributed by atoms with Crippen LogP contribution in [0.4, 0.5) is 0 Å². The Morgan fingerprint density at radius 1 is 1.22 bits per heavy atom. The van der Waals surface area contributed by atoms with Gasteiger partial charge in [-0.1, -0.05) is 12.3 Å². The molecule has 6 heteroatoms. The average molecular weight is 388 g/mol. The van der Waals surface area contributed by atoms with E-state index in [4.69, 9.17) is 0 Å². The van der Waals surface area contributed by atoms with Crippen LogP contribution in [0.5, 0.6) is 0 Å². The van der Waals surface area contributed by atoms with Crippen molar-refractivity contribution in [2.45, 2.75) is 57.5 Å². The molecule has 27 heavy (non-hydrogen) atoms. The van der Waals surface area contributed by atoms with Crippen LogP contribution >= 0.6 is 11.3 Å². The second-order valence-corrected chi connectivity index (χ2v) is 9.34. The molecule has 0 aromatic carbocycles. The lowest BCUT2D eigenvalue weighted by atomic mass is 10.0. The zero-order valence-electron chi connectivity index (χ0n) is 16.7. The van der Waals surface area contributed by atoms with Gasteiger partial charge in [0.2, 0.25) is 0 Å². The lowest BCUT2D eigenvalue weighted by Crippen LogP contribution is -2.60. The molecule has 0 radical (unpaired) electrons. The van der Waals surface area contributed by atoms with E-state index in [1.807, 2.05) is 32.8 Å². The minimum atomic E-state index is -0.342. The van der Waals surface area contributed by atoms with Gasteiger partial charge >= 0.3 is 0 Å². The smallest absolute Gasteiger partial charge is 0.298 e. The van der Waals surface area contributed by atoms with E-state index in [1.54, 1.807) is 16.2 Å². The molecule has 2 aliphatic rings. The molecule has 2 amide bonds. The molecule has 1 fully saturated rings. The van der Waals surface area contributed by atoms with Crippen LogP contribution in [0, 0.1) is 11.8 Å². The molecule has 1 aromatic heterocycles. The average Bonchev–Trinajstić information content (AvgIpc) is 2.86. The van der Waals surface area contributed by atoms with E-state index >= 15 is 0 Å². The molecule has 0 saturated carbocycles. The fourth-order valence-electron chi connectivity index (χ4n) is 3.17. The minimum absolute atomic E-state index is 0.00926. The zero-order valence-corrected chi connectivity index (χ0v) is 17.5. The van der Waals surface area contributed by atoms with E-state index in [0.29, 0.717) is 13.1 Å². The van der Waals surface area contributed by atoms with Crippen molar-refractivity contribution in [2.24, 2.45) is 0 Å². The van der Waals surface area contributed by atoms with Gasteiger partial charge in [0.15, 0.2) is 0 Å². The van der Waals surface area contributed by atoms with E-state index in [1.165, 1.54) is 29.7 Å². The molecule has 1 aliphatic carbocycles. The molecule has 1 saturated heterocycles. The number of nitrogens with one attached hydrogen (secondary N) is 1. The molecule has 5 nitrogen and oxygen atoms in total. The highest BCUT2D eigenvalue weighted by Crippen LogP contribution is 2.29. The highest BCUT2D eigenvalue weighted by molar-refractivity contribution is 7.14. The van der Waals surface area contributed by atoms with E-state index in [2.05, 4.69) is 23.2 Å². The standard InChI is InChI=1S/C21H29N3O2S/c1-21(2,23(3)4)11-10-19(25)24-13-16(14-24)22-20(26)18-12-15-8-6-5-7-9-17(15)27-18/h12,16H,5-9,13-14H2,1-4H3,(H,22,26). The third kappa shape index (κ3) is 4.72. The Bertz CT molecular complexity index is 756.